The standard InChI is InChI=1S/C14H17ClN2O2/c1-14(2)9-17(7-12(8-18)19-14)13-4-3-11(15)5-10(13)6-16/h3-5,12,18H,7-9H2,1-2H3. The van der Waals surface area contributed by atoms with E-state index in [2.05, 4.69) is 11.0 Å². The number of anilines is 1. The van der Waals surface area contributed by atoms with Crippen LogP contribution in [0, 0.1) is 11.3 Å². The summed E-state index contributed by atoms with van der Waals surface area (Å²) in [6.45, 7) is 5.15. The van der Waals surface area contributed by atoms with Gasteiger partial charge in [-0.2, -0.15) is 5.26 Å². The van der Waals surface area contributed by atoms with Crippen LogP contribution in [0.5, 0.6) is 0 Å². The largest absolute Gasteiger partial charge is 0.394 e. The van der Waals surface area contributed by atoms with Gasteiger partial charge in [0, 0.05) is 18.1 Å². The lowest BCUT2D eigenvalue weighted by Crippen LogP contribution is -2.54. The summed E-state index contributed by atoms with van der Waals surface area (Å²) < 4.78 is 5.77. The van der Waals surface area contributed by atoms with Gasteiger partial charge in [-0.15, -0.1) is 0 Å². The van der Waals surface area contributed by atoms with Crippen LogP contribution in [0.25, 0.3) is 0 Å². The Morgan fingerprint density at radius 3 is 2.95 bits per heavy atom. The van der Waals surface area contributed by atoms with E-state index in [-0.39, 0.29) is 18.3 Å². The Kier molecular flexibility index (Phi) is 4.00. The van der Waals surface area contributed by atoms with E-state index in [1.807, 2.05) is 19.9 Å². The lowest BCUT2D eigenvalue weighted by atomic mass is 10.0. The third-order valence-electron chi connectivity index (χ3n) is 3.10. The van der Waals surface area contributed by atoms with Crippen molar-refractivity contribution < 1.29 is 9.84 Å². The van der Waals surface area contributed by atoms with Crippen molar-refractivity contribution in [3.63, 3.8) is 0 Å². The lowest BCUT2D eigenvalue weighted by molar-refractivity contribution is -0.101. The third-order valence-corrected chi connectivity index (χ3v) is 3.34. The average Bonchev–Trinajstić information content (AvgIpc) is 2.36. The summed E-state index contributed by atoms with van der Waals surface area (Å²) in [6.07, 6.45) is -0.244. The molecule has 19 heavy (non-hydrogen) atoms. The van der Waals surface area contributed by atoms with E-state index in [0.717, 1.165) is 5.69 Å². The maximum absolute atomic E-state index is 9.32. The number of morpholine rings is 1. The van der Waals surface area contributed by atoms with Crippen LogP contribution in [0.4, 0.5) is 5.69 Å². The molecular weight excluding hydrogens is 264 g/mol. The topological polar surface area (TPSA) is 56.5 Å². The third kappa shape index (κ3) is 3.19. The van der Waals surface area contributed by atoms with Crippen LogP contribution in [-0.4, -0.2) is 36.5 Å². The maximum atomic E-state index is 9.32. The number of aliphatic hydroxyl groups excluding tert-OH is 1. The van der Waals surface area contributed by atoms with Gasteiger partial charge in [0.2, 0.25) is 0 Å². The van der Waals surface area contributed by atoms with Crippen LogP contribution in [0.3, 0.4) is 0 Å². The molecule has 0 bridgehead atoms. The Morgan fingerprint density at radius 2 is 2.32 bits per heavy atom. The van der Waals surface area contributed by atoms with Crippen molar-refractivity contribution in [2.24, 2.45) is 0 Å². The summed E-state index contributed by atoms with van der Waals surface area (Å²) in [5, 5.41) is 19.1. The highest BCUT2D eigenvalue weighted by Gasteiger charge is 2.33. The first-order chi connectivity index (χ1) is 8.95. The Balaban J connectivity index is 2.33. The van der Waals surface area contributed by atoms with Gasteiger partial charge in [0.1, 0.15) is 6.07 Å². The van der Waals surface area contributed by atoms with Crippen molar-refractivity contribution >= 4 is 17.3 Å². The number of hydrogen-bond acceptors (Lipinski definition) is 4. The number of rotatable bonds is 2. The fraction of sp³-hybridized carbons (Fsp3) is 0.500. The summed E-state index contributed by atoms with van der Waals surface area (Å²) in [7, 11) is 0. The molecule has 1 unspecified atom stereocenters. The SMILES string of the molecule is CC1(C)CN(c2ccc(Cl)cc2C#N)CC(CO)O1. The first-order valence-corrected chi connectivity index (χ1v) is 6.56. The Labute approximate surface area is 118 Å². The van der Waals surface area contributed by atoms with Gasteiger partial charge < -0.3 is 14.7 Å². The second-order valence-electron chi connectivity index (χ2n) is 5.34. The van der Waals surface area contributed by atoms with Crippen molar-refractivity contribution in [1.29, 1.82) is 5.26 Å². The minimum atomic E-state index is -0.363. The number of halogens is 1. The normalized spacial score (nSPS) is 22.1. The quantitative estimate of drug-likeness (QED) is 0.902. The lowest BCUT2D eigenvalue weighted by Gasteiger charge is -2.43. The minimum absolute atomic E-state index is 0.0323. The molecule has 1 fully saturated rings. The molecule has 5 heteroatoms. The highest BCUT2D eigenvalue weighted by Crippen LogP contribution is 2.29. The predicted octanol–water partition coefficient (Wildman–Crippen LogP) is 2.19. The molecule has 0 spiro atoms. The molecule has 1 aliphatic rings. The fourth-order valence-corrected chi connectivity index (χ4v) is 2.62. The minimum Gasteiger partial charge on any atom is -0.394 e. The van der Waals surface area contributed by atoms with Gasteiger partial charge in [-0.1, -0.05) is 11.6 Å². The molecule has 1 aromatic rings. The van der Waals surface area contributed by atoms with Crippen molar-refractivity contribution in [3.8, 4) is 6.07 Å². The molecule has 102 valence electrons. The Bertz CT molecular complexity index is 511. The van der Waals surface area contributed by atoms with Gasteiger partial charge in [-0.25, -0.2) is 0 Å². The van der Waals surface area contributed by atoms with Crippen LogP contribution >= 0.6 is 11.6 Å². The first-order valence-electron chi connectivity index (χ1n) is 6.18. The van der Waals surface area contributed by atoms with Crippen molar-refractivity contribution in [3.05, 3.63) is 28.8 Å². The molecule has 4 nitrogen and oxygen atoms in total. The van der Waals surface area contributed by atoms with Crippen molar-refractivity contribution in [2.45, 2.75) is 25.6 Å². The zero-order valence-electron chi connectivity index (χ0n) is 11.1. The molecule has 0 aliphatic carbocycles. The molecule has 1 atom stereocenters. The number of nitrogens with zero attached hydrogens (tertiary/aromatic N) is 2. The number of benzene rings is 1. The summed E-state index contributed by atoms with van der Waals surface area (Å²) in [4.78, 5) is 2.07. The van der Waals surface area contributed by atoms with E-state index in [0.29, 0.717) is 23.7 Å². The number of ether oxygens (including phenoxy) is 1. The summed E-state index contributed by atoms with van der Waals surface area (Å²) >= 11 is 5.91. The van der Waals surface area contributed by atoms with Gasteiger partial charge in [-0.3, -0.25) is 0 Å². The molecule has 2 rings (SSSR count). The highest BCUT2D eigenvalue weighted by atomic mass is 35.5. The van der Waals surface area contributed by atoms with Gasteiger partial charge in [0.05, 0.1) is 29.6 Å². The van der Waals surface area contributed by atoms with Crippen LogP contribution in [0.2, 0.25) is 5.02 Å². The van der Waals surface area contributed by atoms with E-state index in [1.165, 1.54) is 0 Å². The molecule has 1 saturated heterocycles. The molecular formula is C14H17ClN2O2. The summed E-state index contributed by atoms with van der Waals surface area (Å²) in [5.74, 6) is 0. The zero-order valence-corrected chi connectivity index (χ0v) is 11.8. The Morgan fingerprint density at radius 1 is 1.58 bits per heavy atom. The summed E-state index contributed by atoms with van der Waals surface area (Å²) in [6, 6.07) is 7.44. The van der Waals surface area contributed by atoms with Crippen molar-refractivity contribution in [2.75, 3.05) is 24.6 Å². The molecule has 1 aromatic carbocycles. The number of nitriles is 1. The van der Waals surface area contributed by atoms with Crippen LogP contribution < -0.4 is 4.90 Å². The van der Waals surface area contributed by atoms with Gasteiger partial charge in [0.15, 0.2) is 0 Å². The van der Waals surface area contributed by atoms with Crippen LogP contribution in [0.15, 0.2) is 18.2 Å². The average molecular weight is 281 g/mol. The second kappa shape index (κ2) is 5.38. The molecule has 0 aromatic heterocycles. The molecule has 1 aliphatic heterocycles. The van der Waals surface area contributed by atoms with Crippen LogP contribution in [0.1, 0.15) is 19.4 Å². The molecule has 0 amide bonds. The first kappa shape index (κ1) is 14.1. The zero-order chi connectivity index (χ0) is 14.0. The fourth-order valence-electron chi connectivity index (χ4n) is 2.45. The van der Waals surface area contributed by atoms with Crippen molar-refractivity contribution in [1.82, 2.24) is 0 Å². The van der Waals surface area contributed by atoms with Gasteiger partial charge >= 0.3 is 0 Å². The molecule has 0 saturated carbocycles. The second-order valence-corrected chi connectivity index (χ2v) is 5.77. The monoisotopic (exact) mass is 280 g/mol. The smallest absolute Gasteiger partial charge is 0.101 e. The molecule has 1 heterocycles. The molecule has 0 radical (unpaired) electrons. The van der Waals surface area contributed by atoms with E-state index in [4.69, 9.17) is 16.3 Å². The number of hydrogen-bond donors (Lipinski definition) is 1. The van der Waals surface area contributed by atoms with Gasteiger partial charge in [-0.05, 0) is 32.0 Å². The van der Waals surface area contributed by atoms with E-state index in [1.54, 1.807) is 12.1 Å². The van der Waals surface area contributed by atoms with Crippen LogP contribution in [-0.2, 0) is 4.74 Å². The maximum Gasteiger partial charge on any atom is 0.101 e. The van der Waals surface area contributed by atoms with E-state index >= 15 is 0 Å². The number of aliphatic hydroxyl groups is 1. The molecule has 1 N–H and O–H groups in total. The Hall–Kier alpha value is -1.28. The van der Waals surface area contributed by atoms with E-state index < -0.39 is 0 Å². The predicted molar refractivity (Wildman–Crippen MR) is 74.4 cm³/mol. The highest BCUT2D eigenvalue weighted by molar-refractivity contribution is 6.30. The van der Waals surface area contributed by atoms with Gasteiger partial charge in [0.25, 0.3) is 0 Å². The van der Waals surface area contributed by atoms with E-state index in [9.17, 15) is 10.4 Å². The summed E-state index contributed by atoms with van der Waals surface area (Å²) in [5.41, 5.74) is 1.02.